The van der Waals surface area contributed by atoms with Gasteiger partial charge in [0, 0.05) is 91.1 Å². The second kappa shape index (κ2) is 35.5. The predicted molar refractivity (Wildman–Crippen MR) is 333 cm³/mol. The molecule has 85 heavy (non-hydrogen) atoms. The van der Waals surface area contributed by atoms with Crippen LogP contribution in [0.25, 0.3) is 0 Å². The number of aliphatic hydroxyl groups is 1. The molecule has 0 aromatic rings. The first-order chi connectivity index (χ1) is 39.2. The number of Topliss-reactive ketones (excluding diaryl/α,β-unsaturated/α-hetero) is 4. The number of nitrogens with zero attached hydrogens (tertiary/aromatic N) is 6. The fourth-order valence-corrected chi connectivity index (χ4v) is 11.9. The highest BCUT2D eigenvalue weighted by Gasteiger charge is 2.46. The number of nitrogens with one attached hydrogen (secondary N) is 1. The van der Waals surface area contributed by atoms with Gasteiger partial charge >= 0.3 is 0 Å². The van der Waals surface area contributed by atoms with Crippen LogP contribution < -0.4 is 5.32 Å². The molecule has 0 aromatic heterocycles. The quantitative estimate of drug-likeness (QED) is 0.151. The van der Waals surface area contributed by atoms with Gasteiger partial charge in [0.05, 0.1) is 30.8 Å². The summed E-state index contributed by atoms with van der Waals surface area (Å²) in [6.07, 6.45) is 2.72. The standard InChI is InChI=1S/C66H115N7O12/c1-25-27-28-43(15)59(78)58-55(76)34-47(26-2)63(82)68(19)36-56(77)69(20)49(29-37(3)4)54(75)35-48(41(11)12)64(83)70(21)50(30-38(5)6)53(74)33-44(16)61(80)67-46(18)62(81)72(23)52(32-40(9)10)65(84)71(22)51(31-39(7)8)60(79)45(17)57(42(13)14)66(85)73(58)24/h25,27,37-52,57-59,78H,26,28-36H2,1-24H3,(H,67,80)/b27-25+/t43-,44-,45?,46?,47-,48+,49+,50+,51?,52?,57-,58-,59?/m1/s1. The number of hydrogen-bond acceptors (Lipinski definition) is 12. The summed E-state index contributed by atoms with van der Waals surface area (Å²) in [4.78, 5) is 169. The summed E-state index contributed by atoms with van der Waals surface area (Å²) < 4.78 is 0. The minimum Gasteiger partial charge on any atom is -0.390 e. The number of aliphatic hydroxyl groups excluding tert-OH is 1. The van der Waals surface area contributed by atoms with Crippen molar-refractivity contribution in [3.63, 3.8) is 0 Å². The van der Waals surface area contributed by atoms with Gasteiger partial charge in [-0.1, -0.05) is 123 Å². The monoisotopic (exact) mass is 1200 g/mol. The highest BCUT2D eigenvalue weighted by molar-refractivity contribution is 6.00. The molecule has 0 aromatic carbocycles. The van der Waals surface area contributed by atoms with Gasteiger partial charge in [0.25, 0.3) is 0 Å². The van der Waals surface area contributed by atoms with Crippen LogP contribution in [-0.4, -0.2) is 190 Å². The van der Waals surface area contributed by atoms with E-state index in [9.17, 15) is 48.3 Å². The Bertz CT molecular complexity index is 2310. The van der Waals surface area contributed by atoms with E-state index in [2.05, 4.69) is 5.32 Å². The smallest absolute Gasteiger partial charge is 0.245 e. The number of likely N-dealkylation sites (N-methyl/N-ethyl adjacent to an activating group) is 6. The minimum absolute atomic E-state index is 0.0625. The second-order valence-corrected chi connectivity index (χ2v) is 27.4. The Kier molecular flexibility index (Phi) is 32.4. The minimum atomic E-state index is -1.46. The first kappa shape index (κ1) is 77.7. The Balaban J connectivity index is 4.32. The van der Waals surface area contributed by atoms with Crippen LogP contribution in [0.15, 0.2) is 12.2 Å². The topological polar surface area (TPSA) is 239 Å². The third-order valence-corrected chi connectivity index (χ3v) is 17.4. The van der Waals surface area contributed by atoms with Gasteiger partial charge in [0.2, 0.25) is 41.4 Å². The average molecular weight is 1200 g/mol. The normalized spacial score (nSPS) is 28.0. The van der Waals surface area contributed by atoms with Gasteiger partial charge in [-0.2, -0.15) is 0 Å². The number of ketones is 4. The lowest BCUT2D eigenvalue weighted by molar-refractivity contribution is -0.154. The first-order valence-corrected chi connectivity index (χ1v) is 31.5. The molecule has 19 heteroatoms. The lowest BCUT2D eigenvalue weighted by atomic mass is 9.77. The number of carbonyl (C=O) groups is 11. The zero-order chi connectivity index (χ0) is 66.0. The van der Waals surface area contributed by atoms with E-state index in [1.165, 1.54) is 78.6 Å². The molecule has 1 heterocycles. The van der Waals surface area contributed by atoms with Crippen molar-refractivity contribution in [3.8, 4) is 0 Å². The average Bonchev–Trinajstić information content (AvgIpc) is 3.62. The van der Waals surface area contributed by atoms with Crippen LogP contribution >= 0.6 is 0 Å². The molecule has 1 fully saturated rings. The molecular formula is C66H115N7O12. The van der Waals surface area contributed by atoms with Crippen LogP contribution in [0.5, 0.6) is 0 Å². The van der Waals surface area contributed by atoms with Crippen molar-refractivity contribution in [1.82, 2.24) is 34.7 Å². The number of rotatable bonds is 15. The predicted octanol–water partition coefficient (Wildman–Crippen LogP) is 7.54. The highest BCUT2D eigenvalue weighted by atomic mass is 16.3. The molecule has 1 rings (SSSR count). The number of hydrogen-bond donors (Lipinski definition) is 2. The molecular weight excluding hydrogens is 1080 g/mol. The maximum atomic E-state index is 15.2. The third kappa shape index (κ3) is 22.1. The van der Waals surface area contributed by atoms with Crippen LogP contribution in [0.2, 0.25) is 0 Å². The zero-order valence-electron chi connectivity index (χ0n) is 56.8. The van der Waals surface area contributed by atoms with E-state index in [0.717, 1.165) is 0 Å². The van der Waals surface area contributed by atoms with E-state index in [1.807, 2.05) is 88.3 Å². The van der Waals surface area contributed by atoms with Crippen molar-refractivity contribution in [2.75, 3.05) is 48.8 Å². The Morgan fingerprint density at radius 1 is 0.529 bits per heavy atom. The largest absolute Gasteiger partial charge is 0.390 e. The molecule has 0 spiro atoms. The molecule has 0 radical (unpaired) electrons. The van der Waals surface area contributed by atoms with Gasteiger partial charge in [-0.15, -0.1) is 0 Å². The van der Waals surface area contributed by atoms with E-state index in [-0.39, 0.29) is 86.1 Å². The van der Waals surface area contributed by atoms with Crippen molar-refractivity contribution in [3.05, 3.63) is 12.2 Å². The van der Waals surface area contributed by atoms with E-state index in [0.29, 0.717) is 6.42 Å². The maximum Gasteiger partial charge on any atom is 0.245 e. The zero-order valence-corrected chi connectivity index (χ0v) is 56.8. The van der Waals surface area contributed by atoms with Gasteiger partial charge in [-0.25, -0.2) is 0 Å². The fourth-order valence-electron chi connectivity index (χ4n) is 11.9. The molecule has 19 nitrogen and oxygen atoms in total. The Hall–Kier alpha value is -5.33. The lowest BCUT2D eigenvalue weighted by Crippen LogP contribution is -2.58. The SMILES string of the molecule is C/C=C/C[C@@H](C)C(O)[C@H]1C(=O)C[C@@H](CC)C(=O)N(C)CC(=O)N(C)[C@@H](CC(C)C)C(=O)C[C@@H](C(C)C)C(=O)N(C)[C@@H](CC(C)C)C(=O)C[C@@H](C)C(=O)NC(C)C(=O)N(C)C(CC(C)C)C(=O)N(C)C(CC(C)C)C(=O)C(C)[C@@H](C(C)C)C(=O)N1C. The summed E-state index contributed by atoms with van der Waals surface area (Å²) in [5, 5.41) is 14.9. The summed E-state index contributed by atoms with van der Waals surface area (Å²) >= 11 is 0. The van der Waals surface area contributed by atoms with Gasteiger partial charge in [0.15, 0.2) is 23.1 Å². The van der Waals surface area contributed by atoms with Gasteiger partial charge in [-0.3, -0.25) is 52.7 Å². The van der Waals surface area contributed by atoms with Gasteiger partial charge in [0.1, 0.15) is 18.1 Å². The molecule has 486 valence electrons. The first-order valence-electron chi connectivity index (χ1n) is 31.5. The summed E-state index contributed by atoms with van der Waals surface area (Å²) in [6, 6.07) is -6.74. The summed E-state index contributed by atoms with van der Waals surface area (Å²) in [7, 11) is 8.85. The second-order valence-electron chi connectivity index (χ2n) is 27.4. The molecule has 7 amide bonds. The van der Waals surface area contributed by atoms with Crippen LogP contribution in [0.1, 0.15) is 182 Å². The summed E-state index contributed by atoms with van der Waals surface area (Å²) in [6.45, 7) is 32.0. The summed E-state index contributed by atoms with van der Waals surface area (Å²) in [5.41, 5.74) is 0. The molecule has 1 aliphatic heterocycles. The molecule has 0 saturated carbocycles. The summed E-state index contributed by atoms with van der Waals surface area (Å²) in [5.74, 6) is -12.3. The van der Waals surface area contributed by atoms with Crippen molar-refractivity contribution in [2.24, 2.45) is 71.0 Å². The molecule has 0 aliphatic carbocycles. The lowest BCUT2D eigenvalue weighted by Gasteiger charge is -2.40. The fraction of sp³-hybridized carbons (Fsp3) is 0.803. The van der Waals surface area contributed by atoms with Crippen LogP contribution in [0.3, 0.4) is 0 Å². The third-order valence-electron chi connectivity index (χ3n) is 17.4. The highest BCUT2D eigenvalue weighted by Crippen LogP contribution is 2.32. The molecule has 1 saturated heterocycles. The molecule has 0 bridgehead atoms. The van der Waals surface area contributed by atoms with Crippen molar-refractivity contribution in [1.29, 1.82) is 0 Å². The number of carbonyl (C=O) groups excluding carboxylic acids is 11. The number of allylic oxidation sites excluding steroid dienone is 2. The van der Waals surface area contributed by atoms with Crippen molar-refractivity contribution in [2.45, 2.75) is 225 Å². The van der Waals surface area contributed by atoms with E-state index in [1.54, 1.807) is 41.5 Å². The molecule has 13 atom stereocenters. The van der Waals surface area contributed by atoms with Crippen molar-refractivity contribution >= 4 is 64.5 Å². The Morgan fingerprint density at radius 3 is 1.46 bits per heavy atom. The van der Waals surface area contributed by atoms with Gasteiger partial charge in [-0.05, 0) is 93.8 Å². The molecule has 5 unspecified atom stereocenters. The van der Waals surface area contributed by atoms with Crippen LogP contribution in [0, 0.1) is 71.0 Å². The van der Waals surface area contributed by atoms with E-state index in [4.69, 9.17) is 0 Å². The Morgan fingerprint density at radius 2 is 0.988 bits per heavy atom. The van der Waals surface area contributed by atoms with E-state index < -0.39 is 150 Å². The van der Waals surface area contributed by atoms with Crippen molar-refractivity contribution < 1.29 is 57.8 Å². The Labute approximate surface area is 511 Å². The molecule has 1 aliphatic rings. The van der Waals surface area contributed by atoms with Gasteiger partial charge < -0.3 is 39.8 Å². The van der Waals surface area contributed by atoms with Crippen LogP contribution in [0.4, 0.5) is 0 Å². The molecule has 2 N–H and O–H groups in total. The number of amides is 7. The van der Waals surface area contributed by atoms with Crippen LogP contribution in [-0.2, 0) is 52.7 Å². The maximum absolute atomic E-state index is 15.2. The van der Waals surface area contributed by atoms with E-state index >= 15 is 9.59 Å².